The Balaban J connectivity index is 1.56. The van der Waals surface area contributed by atoms with E-state index in [4.69, 9.17) is 21.2 Å². The van der Waals surface area contributed by atoms with Crippen LogP contribution in [0.1, 0.15) is 31.9 Å². The molecule has 0 saturated carbocycles. The van der Waals surface area contributed by atoms with Crippen LogP contribution >= 0.6 is 11.6 Å². The number of hydrogen-bond acceptors (Lipinski definition) is 6. The van der Waals surface area contributed by atoms with Crippen molar-refractivity contribution in [2.24, 2.45) is 0 Å². The van der Waals surface area contributed by atoms with Gasteiger partial charge in [0.1, 0.15) is 12.1 Å². The number of amides is 2. The quantitative estimate of drug-likeness (QED) is 0.390. The number of halogens is 1. The van der Waals surface area contributed by atoms with Gasteiger partial charge in [-0.2, -0.15) is 5.06 Å². The zero-order chi connectivity index (χ0) is 26.8. The molecule has 2 aromatic carbocycles. The fourth-order valence-corrected chi connectivity index (χ4v) is 3.56. The van der Waals surface area contributed by atoms with Crippen LogP contribution in [-0.4, -0.2) is 45.4 Å². The molecule has 37 heavy (non-hydrogen) atoms. The van der Waals surface area contributed by atoms with Gasteiger partial charge < -0.3 is 14.6 Å². The maximum atomic E-state index is 12.7. The second-order valence-electron chi connectivity index (χ2n) is 9.29. The van der Waals surface area contributed by atoms with Gasteiger partial charge in [-0.05, 0) is 62.9 Å². The van der Waals surface area contributed by atoms with Crippen LogP contribution in [0.25, 0.3) is 0 Å². The van der Waals surface area contributed by atoms with E-state index in [0.29, 0.717) is 23.6 Å². The monoisotopic (exact) mass is 526 g/mol. The molecule has 0 spiro atoms. The summed E-state index contributed by atoms with van der Waals surface area (Å²) in [6, 6.07) is 14.7. The van der Waals surface area contributed by atoms with Crippen molar-refractivity contribution in [2.45, 2.75) is 45.8 Å². The van der Waals surface area contributed by atoms with Gasteiger partial charge in [0.15, 0.2) is 0 Å². The molecule has 0 atom stereocenters. The molecule has 0 aliphatic rings. The lowest BCUT2D eigenvalue weighted by Gasteiger charge is -2.26. The first kappa shape index (κ1) is 27.9. The number of aromatic nitrogens is 2. The maximum Gasteiger partial charge on any atom is 0.434 e. The third-order valence-corrected chi connectivity index (χ3v) is 5.50. The van der Waals surface area contributed by atoms with Gasteiger partial charge in [0.2, 0.25) is 5.91 Å². The van der Waals surface area contributed by atoms with Gasteiger partial charge in [0.05, 0.1) is 19.3 Å². The van der Waals surface area contributed by atoms with Gasteiger partial charge in [0, 0.05) is 23.1 Å². The van der Waals surface area contributed by atoms with Crippen molar-refractivity contribution in [3.63, 3.8) is 0 Å². The minimum Gasteiger partial charge on any atom is -0.442 e. The number of nitrogens with one attached hydrogen (secondary N) is 1. The third-order valence-electron chi connectivity index (χ3n) is 5.13. The topological polar surface area (TPSA) is 103 Å². The molecule has 0 saturated heterocycles. The Morgan fingerprint density at radius 1 is 1.08 bits per heavy atom. The van der Waals surface area contributed by atoms with Crippen LogP contribution in [0.3, 0.4) is 0 Å². The fourth-order valence-electron chi connectivity index (χ4n) is 3.33. The van der Waals surface area contributed by atoms with Gasteiger partial charge in [-0.25, -0.2) is 4.79 Å². The summed E-state index contributed by atoms with van der Waals surface area (Å²) < 4.78 is 6.77. The summed E-state index contributed by atoms with van der Waals surface area (Å²) in [5.41, 5.74) is 1.45. The minimum atomic E-state index is -0.664. The number of rotatable bonds is 10. The molecule has 3 rings (SSSR count). The van der Waals surface area contributed by atoms with Crippen LogP contribution in [-0.2, 0) is 33.8 Å². The van der Waals surface area contributed by atoms with E-state index < -0.39 is 11.7 Å². The number of hydrogen-bond donors (Lipinski definition) is 1. The van der Waals surface area contributed by atoms with E-state index in [2.05, 4.69) is 10.3 Å². The van der Waals surface area contributed by atoms with Crippen LogP contribution in [0, 0.1) is 0 Å². The van der Waals surface area contributed by atoms with E-state index in [-0.39, 0.29) is 31.2 Å². The molecule has 9 nitrogen and oxygen atoms in total. The summed E-state index contributed by atoms with van der Waals surface area (Å²) in [7, 11) is 0. The van der Waals surface area contributed by atoms with E-state index in [0.717, 1.165) is 17.3 Å². The lowest BCUT2D eigenvalue weighted by molar-refractivity contribution is -0.145. The first-order valence-corrected chi connectivity index (χ1v) is 12.2. The second-order valence-corrected chi connectivity index (χ2v) is 9.70. The summed E-state index contributed by atoms with van der Waals surface area (Å²) in [6.45, 7) is 5.81. The third kappa shape index (κ3) is 9.36. The summed E-state index contributed by atoms with van der Waals surface area (Å²) >= 11 is 6.22. The Bertz CT molecular complexity index is 1250. The Morgan fingerprint density at radius 2 is 1.81 bits per heavy atom. The average Bonchev–Trinajstić information content (AvgIpc) is 2.83. The Labute approximate surface area is 220 Å². The van der Waals surface area contributed by atoms with Crippen molar-refractivity contribution in [3.05, 3.63) is 93.6 Å². The molecule has 1 aromatic heterocycles. The molecular weight excluding hydrogens is 496 g/mol. The van der Waals surface area contributed by atoms with Gasteiger partial charge >= 0.3 is 6.09 Å². The molecule has 0 bridgehead atoms. The molecular formula is C27H31ClN4O5. The number of carbonyl (C=O) groups excluding carboxylic acids is 2. The summed E-state index contributed by atoms with van der Waals surface area (Å²) in [4.78, 5) is 46.2. The van der Waals surface area contributed by atoms with Crippen LogP contribution in [0.2, 0.25) is 5.02 Å². The van der Waals surface area contributed by atoms with E-state index in [1.165, 1.54) is 22.0 Å². The van der Waals surface area contributed by atoms with Gasteiger partial charge in [-0.3, -0.25) is 19.4 Å². The zero-order valence-electron chi connectivity index (χ0n) is 21.1. The van der Waals surface area contributed by atoms with E-state index in [1.54, 1.807) is 32.9 Å². The molecule has 0 fully saturated rings. The minimum absolute atomic E-state index is 0.112. The smallest absolute Gasteiger partial charge is 0.434 e. The maximum absolute atomic E-state index is 12.7. The highest BCUT2D eigenvalue weighted by Gasteiger charge is 2.23. The molecule has 196 valence electrons. The number of hydroxylamine groups is 2. The largest absolute Gasteiger partial charge is 0.442 e. The Morgan fingerprint density at radius 3 is 2.49 bits per heavy atom. The number of benzene rings is 2. The Kier molecular flexibility index (Phi) is 9.82. The molecule has 1 N–H and O–H groups in total. The highest BCUT2D eigenvalue weighted by atomic mass is 35.5. The van der Waals surface area contributed by atoms with Crippen molar-refractivity contribution in [1.29, 1.82) is 0 Å². The molecule has 0 radical (unpaired) electrons. The molecule has 0 aliphatic carbocycles. The van der Waals surface area contributed by atoms with Crippen molar-refractivity contribution in [2.75, 3.05) is 18.5 Å². The van der Waals surface area contributed by atoms with Crippen LogP contribution < -0.4 is 10.9 Å². The lowest BCUT2D eigenvalue weighted by atomic mass is 10.1. The normalized spacial score (nSPS) is 11.1. The van der Waals surface area contributed by atoms with E-state index in [1.807, 2.05) is 36.4 Å². The SMILES string of the molecule is CC(C)(C)OC(=O)N(CCc1ccc(NC(=O)Cn2ccncc2=O)cc1)OCCc1ccccc1Cl. The number of ether oxygens (including phenoxy) is 1. The first-order chi connectivity index (χ1) is 17.6. The van der Waals surface area contributed by atoms with Gasteiger partial charge in [-0.1, -0.05) is 41.9 Å². The summed E-state index contributed by atoms with van der Waals surface area (Å²) in [5, 5.41) is 4.64. The molecule has 10 heteroatoms. The number of nitrogens with zero attached hydrogens (tertiary/aromatic N) is 3. The van der Waals surface area contributed by atoms with Crippen molar-refractivity contribution < 1.29 is 19.2 Å². The predicted octanol–water partition coefficient (Wildman–Crippen LogP) is 4.49. The molecule has 1 heterocycles. The first-order valence-electron chi connectivity index (χ1n) is 11.9. The molecule has 2 amide bonds. The van der Waals surface area contributed by atoms with Crippen LogP contribution in [0.4, 0.5) is 10.5 Å². The lowest BCUT2D eigenvalue weighted by Crippen LogP contribution is -2.38. The Hall–Kier alpha value is -3.69. The number of carbonyl (C=O) groups is 2. The highest BCUT2D eigenvalue weighted by Crippen LogP contribution is 2.17. The fraction of sp³-hybridized carbons (Fsp3) is 0.333. The van der Waals surface area contributed by atoms with E-state index in [9.17, 15) is 14.4 Å². The van der Waals surface area contributed by atoms with Gasteiger partial charge in [-0.15, -0.1) is 0 Å². The average molecular weight is 527 g/mol. The predicted molar refractivity (Wildman–Crippen MR) is 141 cm³/mol. The van der Waals surface area contributed by atoms with Crippen LogP contribution in [0.15, 0.2) is 71.9 Å². The summed E-state index contributed by atoms with van der Waals surface area (Å²) in [6.07, 6.45) is 4.54. The second kappa shape index (κ2) is 13.0. The molecule has 3 aromatic rings. The standard InChI is InChI=1S/C27H31ClN4O5/c1-27(2,3)37-26(35)32(36-17-13-21-6-4-5-7-23(21)28)15-12-20-8-10-22(11-9-20)30-24(33)19-31-16-14-29-18-25(31)34/h4-11,14,16,18H,12-13,15,17,19H2,1-3H3,(H,30,33). The molecule has 0 aliphatic heterocycles. The van der Waals surface area contributed by atoms with Crippen molar-refractivity contribution in [1.82, 2.24) is 14.6 Å². The van der Waals surface area contributed by atoms with Crippen LogP contribution in [0.5, 0.6) is 0 Å². The van der Waals surface area contributed by atoms with Crippen molar-refractivity contribution >= 4 is 29.3 Å². The highest BCUT2D eigenvalue weighted by molar-refractivity contribution is 6.31. The van der Waals surface area contributed by atoms with E-state index >= 15 is 0 Å². The van der Waals surface area contributed by atoms with Crippen molar-refractivity contribution in [3.8, 4) is 0 Å². The number of anilines is 1. The van der Waals surface area contributed by atoms with Gasteiger partial charge in [0.25, 0.3) is 5.56 Å². The zero-order valence-corrected chi connectivity index (χ0v) is 21.9. The summed E-state index contributed by atoms with van der Waals surface area (Å²) in [5.74, 6) is -0.330. The molecule has 0 unspecified atom stereocenters.